The molecule has 0 atom stereocenters. The number of aldehydes is 1. The van der Waals surface area contributed by atoms with Gasteiger partial charge in [-0.25, -0.2) is 4.98 Å². The molecule has 0 spiro atoms. The zero-order chi connectivity index (χ0) is 18.6. The number of anilines is 1. The third-order valence-corrected chi connectivity index (χ3v) is 4.97. The van der Waals surface area contributed by atoms with E-state index in [4.69, 9.17) is 14.5 Å². The molecule has 4 rings (SSSR count). The Balaban J connectivity index is 1.44. The number of carbonyl (C=O) groups is 1. The van der Waals surface area contributed by atoms with E-state index in [2.05, 4.69) is 4.90 Å². The smallest absolute Gasteiger partial charge is 0.152 e. The van der Waals surface area contributed by atoms with Gasteiger partial charge in [-0.2, -0.15) is 0 Å². The maximum Gasteiger partial charge on any atom is 0.152 e. The summed E-state index contributed by atoms with van der Waals surface area (Å²) in [4.78, 5) is 18.3. The zero-order valence-electron chi connectivity index (χ0n) is 15.3. The van der Waals surface area contributed by atoms with E-state index in [1.54, 1.807) is 13.2 Å². The number of rotatable bonds is 5. The van der Waals surface area contributed by atoms with Crippen LogP contribution in [0.3, 0.4) is 0 Å². The van der Waals surface area contributed by atoms with E-state index >= 15 is 0 Å². The SMILES string of the molecule is COc1cccc(OC2CCN(c3ccc4cccc(C=O)c4n3)CC2)c1. The fourth-order valence-corrected chi connectivity index (χ4v) is 3.50. The van der Waals surface area contributed by atoms with Gasteiger partial charge in [0.2, 0.25) is 0 Å². The number of hydrogen-bond donors (Lipinski definition) is 0. The van der Waals surface area contributed by atoms with Crippen molar-refractivity contribution in [3.05, 3.63) is 60.2 Å². The van der Waals surface area contributed by atoms with E-state index in [9.17, 15) is 4.79 Å². The number of piperidine rings is 1. The van der Waals surface area contributed by atoms with Gasteiger partial charge in [0.15, 0.2) is 6.29 Å². The highest BCUT2D eigenvalue weighted by Gasteiger charge is 2.22. The molecule has 1 fully saturated rings. The van der Waals surface area contributed by atoms with Gasteiger partial charge in [-0.3, -0.25) is 4.79 Å². The Labute approximate surface area is 158 Å². The normalized spacial score (nSPS) is 14.9. The molecule has 0 radical (unpaired) electrons. The molecule has 5 nitrogen and oxygen atoms in total. The molecule has 3 aromatic rings. The summed E-state index contributed by atoms with van der Waals surface area (Å²) in [7, 11) is 1.66. The van der Waals surface area contributed by atoms with Crippen LogP contribution in [0.5, 0.6) is 11.5 Å². The Bertz CT molecular complexity index is 949. The van der Waals surface area contributed by atoms with Gasteiger partial charge in [0, 0.05) is 42.9 Å². The molecule has 1 aliphatic heterocycles. The van der Waals surface area contributed by atoms with Crippen LogP contribution in [-0.4, -0.2) is 37.6 Å². The highest BCUT2D eigenvalue weighted by atomic mass is 16.5. The van der Waals surface area contributed by atoms with Gasteiger partial charge in [-0.15, -0.1) is 0 Å². The van der Waals surface area contributed by atoms with Crippen LogP contribution in [0.4, 0.5) is 5.82 Å². The number of para-hydroxylation sites is 1. The number of benzene rings is 2. The predicted molar refractivity (Wildman–Crippen MR) is 106 cm³/mol. The second kappa shape index (κ2) is 7.66. The van der Waals surface area contributed by atoms with Gasteiger partial charge in [-0.05, 0) is 30.3 Å². The van der Waals surface area contributed by atoms with E-state index in [1.807, 2.05) is 48.5 Å². The molecule has 0 amide bonds. The van der Waals surface area contributed by atoms with Crippen molar-refractivity contribution in [2.75, 3.05) is 25.1 Å². The molecule has 0 aliphatic carbocycles. The Morgan fingerprint density at radius 3 is 2.59 bits per heavy atom. The molecule has 0 N–H and O–H groups in total. The van der Waals surface area contributed by atoms with Gasteiger partial charge in [0.25, 0.3) is 0 Å². The molecule has 0 bridgehead atoms. The number of pyridine rings is 1. The van der Waals surface area contributed by atoms with Crippen LogP contribution in [0.2, 0.25) is 0 Å². The van der Waals surface area contributed by atoms with Crippen LogP contribution in [0.1, 0.15) is 23.2 Å². The molecule has 5 heteroatoms. The van der Waals surface area contributed by atoms with Crippen molar-refractivity contribution >= 4 is 23.0 Å². The van der Waals surface area contributed by atoms with Crippen molar-refractivity contribution in [3.63, 3.8) is 0 Å². The molecule has 138 valence electrons. The fraction of sp³-hybridized carbons (Fsp3) is 0.273. The molecular weight excluding hydrogens is 340 g/mol. The standard InChI is InChI=1S/C22H22N2O3/c1-26-19-6-3-7-20(14-19)27-18-10-12-24(13-11-18)21-9-8-16-4-2-5-17(15-25)22(16)23-21/h2-9,14-15,18H,10-13H2,1H3. The average Bonchev–Trinajstić information content (AvgIpc) is 2.73. The van der Waals surface area contributed by atoms with Crippen molar-refractivity contribution in [3.8, 4) is 11.5 Å². The summed E-state index contributed by atoms with van der Waals surface area (Å²) in [6.45, 7) is 1.74. The predicted octanol–water partition coefficient (Wildman–Crippen LogP) is 4.10. The maximum atomic E-state index is 11.3. The lowest BCUT2D eigenvalue weighted by Crippen LogP contribution is -2.38. The lowest BCUT2D eigenvalue weighted by Gasteiger charge is -2.33. The van der Waals surface area contributed by atoms with Crippen molar-refractivity contribution < 1.29 is 14.3 Å². The third kappa shape index (κ3) is 3.72. The number of fused-ring (bicyclic) bond motifs is 1. The van der Waals surface area contributed by atoms with Crippen molar-refractivity contribution in [2.45, 2.75) is 18.9 Å². The van der Waals surface area contributed by atoms with Crippen molar-refractivity contribution in [2.24, 2.45) is 0 Å². The first kappa shape index (κ1) is 17.3. The second-order valence-electron chi connectivity index (χ2n) is 6.69. The third-order valence-electron chi connectivity index (χ3n) is 4.97. The van der Waals surface area contributed by atoms with Gasteiger partial charge in [0.1, 0.15) is 23.4 Å². The molecule has 2 heterocycles. The number of methoxy groups -OCH3 is 1. The van der Waals surface area contributed by atoms with Crippen LogP contribution >= 0.6 is 0 Å². The summed E-state index contributed by atoms with van der Waals surface area (Å²) in [5.41, 5.74) is 1.39. The fourth-order valence-electron chi connectivity index (χ4n) is 3.50. The molecule has 0 unspecified atom stereocenters. The van der Waals surface area contributed by atoms with E-state index in [1.165, 1.54) is 0 Å². The summed E-state index contributed by atoms with van der Waals surface area (Å²) in [6, 6.07) is 17.5. The molecular formula is C22H22N2O3. The quantitative estimate of drug-likeness (QED) is 0.640. The lowest BCUT2D eigenvalue weighted by molar-refractivity contribution is 0.112. The maximum absolute atomic E-state index is 11.3. The Kier molecular flexibility index (Phi) is 4.92. The Hall–Kier alpha value is -3.08. The topological polar surface area (TPSA) is 51.7 Å². The number of aromatic nitrogens is 1. The number of ether oxygens (including phenoxy) is 2. The van der Waals surface area contributed by atoms with Crippen LogP contribution < -0.4 is 14.4 Å². The molecule has 1 aliphatic rings. The zero-order valence-corrected chi connectivity index (χ0v) is 15.3. The van der Waals surface area contributed by atoms with E-state index in [0.29, 0.717) is 5.56 Å². The van der Waals surface area contributed by atoms with Gasteiger partial charge >= 0.3 is 0 Å². The molecule has 1 saturated heterocycles. The largest absolute Gasteiger partial charge is 0.497 e. The average molecular weight is 362 g/mol. The number of nitrogens with zero attached hydrogens (tertiary/aromatic N) is 2. The minimum Gasteiger partial charge on any atom is -0.497 e. The molecule has 1 aromatic heterocycles. The highest BCUT2D eigenvalue weighted by Crippen LogP contribution is 2.26. The van der Waals surface area contributed by atoms with Crippen LogP contribution in [0, 0.1) is 0 Å². The van der Waals surface area contributed by atoms with Gasteiger partial charge in [0.05, 0.1) is 12.6 Å². The van der Waals surface area contributed by atoms with Crippen LogP contribution in [0.15, 0.2) is 54.6 Å². The Morgan fingerprint density at radius 1 is 1.04 bits per heavy atom. The summed E-state index contributed by atoms with van der Waals surface area (Å²) < 4.78 is 11.4. The number of carbonyl (C=O) groups excluding carboxylic acids is 1. The minimum atomic E-state index is 0.180. The lowest BCUT2D eigenvalue weighted by atomic mass is 10.1. The van der Waals surface area contributed by atoms with E-state index in [-0.39, 0.29) is 6.10 Å². The molecule has 0 saturated carbocycles. The molecule has 27 heavy (non-hydrogen) atoms. The summed E-state index contributed by atoms with van der Waals surface area (Å²) in [5, 5.41) is 0.986. The second-order valence-corrected chi connectivity index (χ2v) is 6.69. The first-order valence-electron chi connectivity index (χ1n) is 9.17. The molecule has 2 aromatic carbocycles. The van der Waals surface area contributed by atoms with Gasteiger partial charge < -0.3 is 14.4 Å². The van der Waals surface area contributed by atoms with E-state index < -0.39 is 0 Å². The van der Waals surface area contributed by atoms with Crippen LogP contribution in [0.25, 0.3) is 10.9 Å². The Morgan fingerprint density at radius 2 is 1.81 bits per heavy atom. The summed E-state index contributed by atoms with van der Waals surface area (Å²) in [6.07, 6.45) is 2.89. The summed E-state index contributed by atoms with van der Waals surface area (Å²) >= 11 is 0. The minimum absolute atomic E-state index is 0.180. The summed E-state index contributed by atoms with van der Waals surface area (Å²) in [5.74, 6) is 2.56. The van der Waals surface area contributed by atoms with Crippen LogP contribution in [-0.2, 0) is 0 Å². The monoisotopic (exact) mass is 362 g/mol. The van der Waals surface area contributed by atoms with E-state index in [0.717, 1.165) is 60.4 Å². The number of hydrogen-bond acceptors (Lipinski definition) is 5. The first-order chi connectivity index (χ1) is 13.3. The highest BCUT2D eigenvalue weighted by molar-refractivity contribution is 5.96. The first-order valence-corrected chi connectivity index (χ1v) is 9.17. The van der Waals surface area contributed by atoms with Crippen molar-refractivity contribution in [1.29, 1.82) is 0 Å². The van der Waals surface area contributed by atoms with Crippen molar-refractivity contribution in [1.82, 2.24) is 4.98 Å². The van der Waals surface area contributed by atoms with Gasteiger partial charge in [-0.1, -0.05) is 18.2 Å².